The highest BCUT2D eigenvalue weighted by atomic mass is 16.7. The molecule has 0 unspecified atom stereocenters. The summed E-state index contributed by atoms with van der Waals surface area (Å²) in [6, 6.07) is 15.9. The van der Waals surface area contributed by atoms with Gasteiger partial charge in [-0.25, -0.2) is 0 Å². The smallest absolute Gasteiger partial charge is 0.305 e. The number of amides is 1. The molecule has 174 valence electrons. The van der Waals surface area contributed by atoms with Crippen molar-refractivity contribution < 1.29 is 28.5 Å². The largest absolute Gasteiger partial charge is 0.497 e. The molecular formula is C26H29NO6. The Bertz CT molecular complexity index is 959. The summed E-state index contributed by atoms with van der Waals surface area (Å²) in [7, 11) is 1.58. The molecule has 2 aromatic rings. The topological polar surface area (TPSA) is 74.3 Å². The van der Waals surface area contributed by atoms with Crippen molar-refractivity contribution in [2.45, 2.75) is 37.9 Å². The van der Waals surface area contributed by atoms with Crippen LogP contribution in [0.15, 0.2) is 79.9 Å². The quantitative estimate of drug-likeness (QED) is 0.208. The number of rotatable bonds is 12. The average Bonchev–Trinajstić information content (AvgIpc) is 2.82. The summed E-state index contributed by atoms with van der Waals surface area (Å²) in [6.45, 7) is 9.06. The summed E-state index contributed by atoms with van der Waals surface area (Å²) in [5.41, 5.74) is 1.37. The fraction of sp³-hybridized carbons (Fsp3) is 0.308. The zero-order chi connectivity index (χ0) is 23.8. The molecule has 0 bridgehead atoms. The van der Waals surface area contributed by atoms with E-state index in [9.17, 15) is 9.59 Å². The normalized spacial score (nSPS) is 19.2. The molecule has 3 rings (SSSR count). The highest BCUT2D eigenvalue weighted by Crippen LogP contribution is 2.37. The number of anilines is 1. The van der Waals surface area contributed by atoms with E-state index in [1.54, 1.807) is 48.4 Å². The molecule has 0 saturated carbocycles. The van der Waals surface area contributed by atoms with Gasteiger partial charge in [0.25, 0.3) is 5.91 Å². The molecule has 33 heavy (non-hydrogen) atoms. The van der Waals surface area contributed by atoms with Crippen LogP contribution in [-0.2, 0) is 23.8 Å². The molecular weight excluding hydrogens is 422 g/mol. The van der Waals surface area contributed by atoms with Gasteiger partial charge in [-0.2, -0.15) is 0 Å². The number of ether oxygens (including phenoxy) is 4. The first-order chi connectivity index (χ1) is 16.0. The lowest BCUT2D eigenvalue weighted by Gasteiger charge is -2.50. The van der Waals surface area contributed by atoms with Crippen molar-refractivity contribution in [3.63, 3.8) is 0 Å². The Morgan fingerprint density at radius 3 is 2.36 bits per heavy atom. The number of methoxy groups -OCH3 is 1. The van der Waals surface area contributed by atoms with Gasteiger partial charge in [0.15, 0.2) is 6.10 Å². The first kappa shape index (κ1) is 24.2. The van der Waals surface area contributed by atoms with E-state index in [0.29, 0.717) is 23.4 Å². The zero-order valence-electron chi connectivity index (χ0n) is 18.9. The zero-order valence-corrected chi connectivity index (χ0v) is 18.9. The Morgan fingerprint density at radius 2 is 1.79 bits per heavy atom. The third kappa shape index (κ3) is 5.69. The van der Waals surface area contributed by atoms with Gasteiger partial charge in [-0.05, 0) is 30.7 Å². The Hall–Kier alpha value is -3.42. The fourth-order valence-electron chi connectivity index (χ4n) is 3.76. The molecule has 7 heteroatoms. The van der Waals surface area contributed by atoms with Gasteiger partial charge in [-0.3, -0.25) is 9.59 Å². The third-order valence-electron chi connectivity index (χ3n) is 5.26. The number of esters is 1. The Balaban J connectivity index is 1.93. The van der Waals surface area contributed by atoms with Gasteiger partial charge in [0.2, 0.25) is 6.29 Å². The number of benzene rings is 2. The Morgan fingerprint density at radius 1 is 1.09 bits per heavy atom. The molecule has 0 radical (unpaired) electrons. The molecule has 1 aliphatic heterocycles. The molecule has 0 N–H and O–H groups in total. The maximum absolute atomic E-state index is 13.0. The lowest BCUT2D eigenvalue weighted by molar-refractivity contribution is -0.201. The van der Waals surface area contributed by atoms with Crippen LogP contribution in [0.2, 0.25) is 0 Å². The SMILES string of the molecule is C=CCO[C@H]1C(=O)N(c2ccc(OC)cc2)[C@@H]1[C@@H](CC=C)O[C@@H](OC(C)=O)c1ccccc1. The Kier molecular flexibility index (Phi) is 8.40. The van der Waals surface area contributed by atoms with Gasteiger partial charge in [0.1, 0.15) is 5.75 Å². The van der Waals surface area contributed by atoms with Crippen LogP contribution in [0, 0.1) is 0 Å². The van der Waals surface area contributed by atoms with E-state index in [0.717, 1.165) is 0 Å². The third-order valence-corrected chi connectivity index (χ3v) is 5.26. The van der Waals surface area contributed by atoms with Crippen LogP contribution in [0.25, 0.3) is 0 Å². The van der Waals surface area contributed by atoms with E-state index >= 15 is 0 Å². The van der Waals surface area contributed by atoms with Gasteiger partial charge < -0.3 is 23.8 Å². The number of hydrogen-bond acceptors (Lipinski definition) is 6. The summed E-state index contributed by atoms with van der Waals surface area (Å²) < 4.78 is 22.8. The summed E-state index contributed by atoms with van der Waals surface area (Å²) in [5.74, 6) is 0.0198. The summed E-state index contributed by atoms with van der Waals surface area (Å²) in [5, 5.41) is 0. The van der Waals surface area contributed by atoms with Crippen molar-refractivity contribution >= 4 is 17.6 Å². The molecule has 1 fully saturated rings. The second-order valence-electron chi connectivity index (χ2n) is 7.49. The molecule has 0 spiro atoms. The van der Waals surface area contributed by atoms with Gasteiger partial charge in [0, 0.05) is 18.2 Å². The van der Waals surface area contributed by atoms with Crippen LogP contribution in [0.1, 0.15) is 25.2 Å². The average molecular weight is 452 g/mol. The lowest BCUT2D eigenvalue weighted by Crippen LogP contribution is -2.70. The van der Waals surface area contributed by atoms with Crippen LogP contribution in [-0.4, -0.2) is 43.8 Å². The summed E-state index contributed by atoms with van der Waals surface area (Å²) in [6.07, 6.45) is 1.48. The van der Waals surface area contributed by atoms with Gasteiger partial charge in [-0.1, -0.05) is 42.5 Å². The predicted molar refractivity (Wildman–Crippen MR) is 125 cm³/mol. The molecule has 7 nitrogen and oxygen atoms in total. The lowest BCUT2D eigenvalue weighted by atomic mass is 9.89. The number of β-lactam (4-membered cyclic amide) rings is 1. The highest BCUT2D eigenvalue weighted by molar-refractivity contribution is 6.05. The fourth-order valence-corrected chi connectivity index (χ4v) is 3.76. The van der Waals surface area contributed by atoms with Gasteiger partial charge >= 0.3 is 5.97 Å². The molecule has 0 aromatic heterocycles. The van der Waals surface area contributed by atoms with Crippen molar-refractivity contribution in [3.8, 4) is 5.75 Å². The van der Waals surface area contributed by atoms with Crippen LogP contribution in [0.5, 0.6) is 5.75 Å². The van der Waals surface area contributed by atoms with E-state index in [-0.39, 0.29) is 12.5 Å². The molecule has 1 heterocycles. The minimum absolute atomic E-state index is 0.187. The Labute approximate surface area is 194 Å². The van der Waals surface area contributed by atoms with E-state index in [2.05, 4.69) is 13.2 Å². The van der Waals surface area contributed by atoms with E-state index < -0.39 is 30.5 Å². The minimum atomic E-state index is -0.942. The van der Waals surface area contributed by atoms with Crippen LogP contribution in [0.4, 0.5) is 5.69 Å². The van der Waals surface area contributed by atoms with Gasteiger partial charge in [0.05, 0.1) is 25.9 Å². The molecule has 4 atom stereocenters. The monoisotopic (exact) mass is 451 g/mol. The van der Waals surface area contributed by atoms with E-state index in [1.807, 2.05) is 30.3 Å². The van der Waals surface area contributed by atoms with Gasteiger partial charge in [-0.15, -0.1) is 13.2 Å². The summed E-state index contributed by atoms with van der Waals surface area (Å²) >= 11 is 0. The maximum atomic E-state index is 13.0. The molecule has 1 amide bonds. The van der Waals surface area contributed by atoms with Crippen LogP contribution >= 0.6 is 0 Å². The molecule has 0 aliphatic carbocycles. The van der Waals surface area contributed by atoms with E-state index in [4.69, 9.17) is 18.9 Å². The first-order valence-electron chi connectivity index (χ1n) is 10.7. The summed E-state index contributed by atoms with van der Waals surface area (Å²) in [4.78, 5) is 26.5. The highest BCUT2D eigenvalue weighted by Gasteiger charge is 2.53. The number of nitrogens with zero attached hydrogens (tertiary/aromatic N) is 1. The first-order valence-corrected chi connectivity index (χ1v) is 10.7. The molecule has 1 aliphatic rings. The van der Waals surface area contributed by atoms with Crippen LogP contribution < -0.4 is 9.64 Å². The van der Waals surface area contributed by atoms with Crippen molar-refractivity contribution in [2.75, 3.05) is 18.6 Å². The number of hydrogen-bond donors (Lipinski definition) is 0. The number of carbonyl (C=O) groups is 2. The van der Waals surface area contributed by atoms with Crippen molar-refractivity contribution in [2.24, 2.45) is 0 Å². The van der Waals surface area contributed by atoms with E-state index in [1.165, 1.54) is 6.92 Å². The second-order valence-corrected chi connectivity index (χ2v) is 7.49. The molecule has 2 aromatic carbocycles. The standard InChI is InChI=1S/C26H29NO6/c1-5-10-22(33-26(32-18(3)28)19-11-8-7-9-12-19)23-24(31-17-6-2)25(29)27(23)20-13-15-21(30-4)16-14-20/h5-9,11-16,22-24,26H,1-2,10,17H2,3-4H3/t22-,23-,24-,26-/m1/s1. The second kappa shape index (κ2) is 11.4. The minimum Gasteiger partial charge on any atom is -0.497 e. The number of carbonyl (C=O) groups excluding carboxylic acids is 2. The maximum Gasteiger partial charge on any atom is 0.305 e. The predicted octanol–water partition coefficient (Wildman–Crippen LogP) is 4.20. The molecule has 1 saturated heterocycles. The van der Waals surface area contributed by atoms with Crippen LogP contribution in [0.3, 0.4) is 0 Å². The van der Waals surface area contributed by atoms with Crippen molar-refractivity contribution in [1.29, 1.82) is 0 Å². The van der Waals surface area contributed by atoms with Crippen molar-refractivity contribution in [3.05, 3.63) is 85.5 Å². The van der Waals surface area contributed by atoms with Crippen molar-refractivity contribution in [1.82, 2.24) is 0 Å².